The Morgan fingerprint density at radius 3 is 2.59 bits per heavy atom. The number of rotatable bonds is 4. The fraction of sp³-hybridized carbons (Fsp3) is 0.750. The van der Waals surface area contributed by atoms with Crippen molar-refractivity contribution in [3.05, 3.63) is 0 Å². The van der Waals surface area contributed by atoms with Gasteiger partial charge in [0.05, 0.1) is 13.4 Å². The monoisotopic (exact) mass is 267 g/mol. The molecule has 1 rings (SSSR count). The largest absolute Gasteiger partial charge is 0.467 e. The van der Waals surface area contributed by atoms with Crippen molar-refractivity contribution < 1.29 is 32.0 Å². The van der Waals surface area contributed by atoms with Gasteiger partial charge in [0.2, 0.25) is 5.91 Å². The third-order valence-electron chi connectivity index (χ3n) is 2.30. The van der Waals surface area contributed by atoms with Gasteiger partial charge in [0.25, 0.3) is 10.1 Å². The summed E-state index contributed by atoms with van der Waals surface area (Å²) in [5, 5.41) is 11.5. The van der Waals surface area contributed by atoms with Crippen molar-refractivity contribution in [2.45, 2.75) is 18.1 Å². The van der Waals surface area contributed by atoms with Crippen LogP contribution in [0.1, 0.15) is 6.42 Å². The number of aliphatic hydroxyl groups is 1. The minimum atomic E-state index is -3.77. The first kappa shape index (κ1) is 13.9. The fourth-order valence-electron chi connectivity index (χ4n) is 1.48. The topological polar surface area (TPSA) is 119 Å². The van der Waals surface area contributed by atoms with Crippen molar-refractivity contribution in [3.63, 3.8) is 0 Å². The molecule has 1 aliphatic heterocycles. The lowest BCUT2D eigenvalue weighted by atomic mass is 9.98. The summed E-state index contributed by atoms with van der Waals surface area (Å²) in [6.07, 6.45) is -0.878. The lowest BCUT2D eigenvalue weighted by molar-refractivity contribution is -0.150. The first-order valence-corrected chi connectivity index (χ1v) is 6.45. The van der Waals surface area contributed by atoms with Crippen LogP contribution < -0.4 is 5.32 Å². The Labute approximate surface area is 98.0 Å². The van der Waals surface area contributed by atoms with Gasteiger partial charge in [-0.1, -0.05) is 0 Å². The molecule has 0 saturated carbocycles. The Morgan fingerprint density at radius 1 is 1.65 bits per heavy atom. The van der Waals surface area contributed by atoms with E-state index in [1.54, 1.807) is 0 Å². The maximum Gasteiger partial charge on any atom is 0.334 e. The predicted octanol–water partition coefficient (Wildman–Crippen LogP) is -2.24. The van der Waals surface area contributed by atoms with Gasteiger partial charge in [-0.3, -0.25) is 8.98 Å². The molecule has 0 bridgehead atoms. The van der Waals surface area contributed by atoms with Crippen LogP contribution >= 0.6 is 0 Å². The predicted molar refractivity (Wildman–Crippen MR) is 54.3 cm³/mol. The molecule has 8 nitrogen and oxygen atoms in total. The standard InChI is InChI=1S/C8H13NO7S/c1-15-7(12)8(4-16-17(2,13)14)3-5(10)6(11)9-8/h5,10H,3-4H2,1-2H3,(H,9,11)/t5-,8-/m0/s1. The van der Waals surface area contributed by atoms with Crippen LogP contribution in [0.5, 0.6) is 0 Å². The van der Waals surface area contributed by atoms with Gasteiger partial charge in [-0.05, 0) is 0 Å². The number of methoxy groups -OCH3 is 1. The number of ether oxygens (including phenoxy) is 1. The minimum Gasteiger partial charge on any atom is -0.467 e. The normalized spacial score (nSPS) is 28.9. The van der Waals surface area contributed by atoms with Crippen molar-refractivity contribution in [2.75, 3.05) is 20.0 Å². The molecule has 0 aromatic carbocycles. The summed E-state index contributed by atoms with van der Waals surface area (Å²) in [5.41, 5.74) is -1.66. The van der Waals surface area contributed by atoms with Gasteiger partial charge in [0.15, 0.2) is 5.54 Å². The van der Waals surface area contributed by atoms with Crippen molar-refractivity contribution in [1.29, 1.82) is 0 Å². The van der Waals surface area contributed by atoms with Crippen LogP contribution in [-0.4, -0.2) is 57.0 Å². The Kier molecular flexibility index (Phi) is 3.74. The zero-order valence-electron chi connectivity index (χ0n) is 9.30. The molecule has 1 amide bonds. The highest BCUT2D eigenvalue weighted by Gasteiger charge is 2.51. The third-order valence-corrected chi connectivity index (χ3v) is 2.85. The van der Waals surface area contributed by atoms with Crippen molar-refractivity contribution in [1.82, 2.24) is 5.32 Å². The highest BCUT2D eigenvalue weighted by Crippen LogP contribution is 2.23. The van der Waals surface area contributed by atoms with E-state index in [9.17, 15) is 23.1 Å². The number of carbonyl (C=O) groups is 2. The highest BCUT2D eigenvalue weighted by molar-refractivity contribution is 7.85. The lowest BCUT2D eigenvalue weighted by Gasteiger charge is -2.24. The van der Waals surface area contributed by atoms with E-state index in [-0.39, 0.29) is 6.42 Å². The van der Waals surface area contributed by atoms with Crippen molar-refractivity contribution in [3.8, 4) is 0 Å². The summed E-state index contributed by atoms with van der Waals surface area (Å²) in [6, 6.07) is 0. The van der Waals surface area contributed by atoms with Gasteiger partial charge in [-0.25, -0.2) is 4.79 Å². The molecular weight excluding hydrogens is 254 g/mol. The van der Waals surface area contributed by atoms with Gasteiger partial charge in [0.1, 0.15) is 12.7 Å². The summed E-state index contributed by atoms with van der Waals surface area (Å²) < 4.78 is 30.7. The first-order valence-electron chi connectivity index (χ1n) is 4.63. The number of nitrogens with one attached hydrogen (secondary N) is 1. The molecular formula is C8H13NO7S. The third kappa shape index (κ3) is 3.14. The Morgan fingerprint density at radius 2 is 2.24 bits per heavy atom. The zero-order chi connectivity index (χ0) is 13.3. The van der Waals surface area contributed by atoms with Gasteiger partial charge >= 0.3 is 5.97 Å². The molecule has 1 fully saturated rings. The molecule has 1 heterocycles. The molecule has 1 saturated heterocycles. The SMILES string of the molecule is COC(=O)[C@@]1(COS(C)(=O)=O)C[C@H](O)C(=O)N1. The van der Waals surface area contributed by atoms with Gasteiger partial charge in [-0.15, -0.1) is 0 Å². The molecule has 1 aliphatic rings. The molecule has 98 valence electrons. The molecule has 9 heteroatoms. The van der Waals surface area contributed by atoms with Crippen molar-refractivity contribution >= 4 is 22.0 Å². The molecule has 17 heavy (non-hydrogen) atoms. The Balaban J connectivity index is 2.89. The van der Waals surface area contributed by atoms with Crippen LogP contribution in [0.2, 0.25) is 0 Å². The van der Waals surface area contributed by atoms with E-state index in [1.165, 1.54) is 0 Å². The molecule has 0 aromatic rings. The Hall–Kier alpha value is -1.19. The number of esters is 1. The maximum absolute atomic E-state index is 11.5. The average molecular weight is 267 g/mol. The number of hydrogen-bond donors (Lipinski definition) is 2. The summed E-state index contributed by atoms with van der Waals surface area (Å²) in [6.45, 7) is -0.610. The summed E-state index contributed by atoms with van der Waals surface area (Å²) in [4.78, 5) is 22.7. The van der Waals surface area contributed by atoms with E-state index >= 15 is 0 Å². The van der Waals surface area contributed by atoms with E-state index in [4.69, 9.17) is 0 Å². The number of amides is 1. The second-order valence-corrected chi connectivity index (χ2v) is 5.39. The van der Waals surface area contributed by atoms with E-state index < -0.39 is 40.2 Å². The molecule has 0 aromatic heterocycles. The van der Waals surface area contributed by atoms with E-state index in [1.807, 2.05) is 0 Å². The van der Waals surface area contributed by atoms with Crippen LogP contribution in [-0.2, 0) is 28.6 Å². The van der Waals surface area contributed by atoms with Crippen LogP contribution in [0.15, 0.2) is 0 Å². The van der Waals surface area contributed by atoms with Gasteiger partial charge in [-0.2, -0.15) is 8.42 Å². The Bertz CT molecular complexity index is 431. The quantitative estimate of drug-likeness (QED) is 0.436. The number of aliphatic hydroxyl groups excluding tert-OH is 1. The number of hydrogen-bond acceptors (Lipinski definition) is 7. The summed E-state index contributed by atoms with van der Waals surface area (Å²) >= 11 is 0. The molecule has 0 radical (unpaired) electrons. The second-order valence-electron chi connectivity index (χ2n) is 3.75. The number of carbonyl (C=O) groups excluding carboxylic acids is 2. The van der Waals surface area contributed by atoms with Crippen LogP contribution in [0, 0.1) is 0 Å². The summed E-state index contributed by atoms with van der Waals surface area (Å²) in [7, 11) is -2.68. The summed E-state index contributed by atoms with van der Waals surface area (Å²) in [5.74, 6) is -1.64. The maximum atomic E-state index is 11.5. The fourth-order valence-corrected chi connectivity index (χ4v) is 1.90. The highest BCUT2D eigenvalue weighted by atomic mass is 32.2. The van der Waals surface area contributed by atoms with Gasteiger partial charge in [0, 0.05) is 6.42 Å². The molecule has 0 unspecified atom stereocenters. The first-order chi connectivity index (χ1) is 7.70. The second kappa shape index (κ2) is 4.59. The molecule has 2 atom stereocenters. The average Bonchev–Trinajstić information content (AvgIpc) is 2.51. The lowest BCUT2D eigenvalue weighted by Crippen LogP contribution is -2.53. The zero-order valence-corrected chi connectivity index (χ0v) is 10.1. The van der Waals surface area contributed by atoms with Crippen LogP contribution in [0.25, 0.3) is 0 Å². The smallest absolute Gasteiger partial charge is 0.334 e. The molecule has 0 spiro atoms. The van der Waals surface area contributed by atoms with Crippen LogP contribution in [0.4, 0.5) is 0 Å². The van der Waals surface area contributed by atoms with Crippen molar-refractivity contribution in [2.24, 2.45) is 0 Å². The van der Waals surface area contributed by atoms with Crippen LogP contribution in [0.3, 0.4) is 0 Å². The van der Waals surface area contributed by atoms with E-state index in [0.29, 0.717) is 0 Å². The molecule has 2 N–H and O–H groups in total. The van der Waals surface area contributed by atoms with E-state index in [0.717, 1.165) is 13.4 Å². The minimum absolute atomic E-state index is 0.298. The van der Waals surface area contributed by atoms with E-state index in [2.05, 4.69) is 14.2 Å². The van der Waals surface area contributed by atoms with Gasteiger partial charge < -0.3 is 15.2 Å². The molecule has 0 aliphatic carbocycles.